The molecule has 1 aromatic heterocycles. The number of benzene rings is 3. The van der Waals surface area contributed by atoms with Gasteiger partial charge in [-0.05, 0) is 48.4 Å². The number of rotatable bonds is 7. The first-order valence-electron chi connectivity index (χ1n) is 9.79. The van der Waals surface area contributed by atoms with Gasteiger partial charge in [0, 0.05) is 17.1 Å². The minimum atomic E-state index is -0.265. The third-order valence-corrected chi connectivity index (χ3v) is 7.35. The Kier molecular flexibility index (Phi) is 6.90. The average Bonchev–Trinajstić information content (AvgIpc) is 3.23. The van der Waals surface area contributed by atoms with Crippen LogP contribution in [0.3, 0.4) is 0 Å². The van der Waals surface area contributed by atoms with E-state index in [-0.39, 0.29) is 11.7 Å². The molecule has 1 heterocycles. The van der Waals surface area contributed by atoms with Crippen LogP contribution in [0.1, 0.15) is 17.5 Å². The van der Waals surface area contributed by atoms with Crippen LogP contribution < -0.4 is 4.90 Å². The molecule has 0 spiro atoms. The number of hydrogen-bond donors (Lipinski definition) is 0. The SMILES string of the molecule is Cc1ccc(Cl)c2sc(N(Cc3ccccc3)C(=O)CCSc3ccc(F)cc3)nc12. The van der Waals surface area contributed by atoms with E-state index >= 15 is 0 Å². The second-order valence-electron chi connectivity index (χ2n) is 7.06. The molecule has 4 aromatic rings. The summed E-state index contributed by atoms with van der Waals surface area (Å²) in [7, 11) is 0. The van der Waals surface area contributed by atoms with E-state index in [1.54, 1.807) is 17.0 Å². The fourth-order valence-corrected chi connectivity index (χ4v) is 5.33. The van der Waals surface area contributed by atoms with Gasteiger partial charge in [0.1, 0.15) is 5.82 Å². The summed E-state index contributed by atoms with van der Waals surface area (Å²) in [6, 6.07) is 20.0. The maximum atomic E-state index is 13.2. The van der Waals surface area contributed by atoms with Crippen molar-refractivity contribution in [3.63, 3.8) is 0 Å². The van der Waals surface area contributed by atoms with Gasteiger partial charge in [-0.25, -0.2) is 9.37 Å². The van der Waals surface area contributed by atoms with Gasteiger partial charge < -0.3 is 0 Å². The van der Waals surface area contributed by atoms with E-state index < -0.39 is 0 Å². The van der Waals surface area contributed by atoms with Gasteiger partial charge in [0.25, 0.3) is 0 Å². The van der Waals surface area contributed by atoms with Crippen LogP contribution in [0.5, 0.6) is 0 Å². The van der Waals surface area contributed by atoms with Crippen molar-refractivity contribution in [1.82, 2.24) is 4.98 Å². The number of fused-ring (bicyclic) bond motifs is 1. The smallest absolute Gasteiger partial charge is 0.229 e. The number of nitrogens with zero attached hydrogens (tertiary/aromatic N) is 2. The molecule has 31 heavy (non-hydrogen) atoms. The minimum Gasteiger partial charge on any atom is -0.284 e. The fraction of sp³-hybridized carbons (Fsp3) is 0.167. The summed E-state index contributed by atoms with van der Waals surface area (Å²) in [5.41, 5.74) is 2.89. The number of aryl methyl sites for hydroxylation is 1. The molecule has 0 N–H and O–H groups in total. The largest absolute Gasteiger partial charge is 0.284 e. The molecule has 0 saturated carbocycles. The quantitative estimate of drug-likeness (QED) is 0.270. The highest BCUT2D eigenvalue weighted by molar-refractivity contribution is 7.99. The van der Waals surface area contributed by atoms with E-state index in [2.05, 4.69) is 0 Å². The molecule has 0 radical (unpaired) electrons. The molecule has 1 amide bonds. The Hall–Kier alpha value is -2.41. The Labute approximate surface area is 193 Å². The summed E-state index contributed by atoms with van der Waals surface area (Å²) in [4.78, 5) is 20.7. The standard InChI is InChI=1S/C24H20ClFN2OS2/c1-16-7-12-20(25)23-22(16)27-24(31-23)28(15-17-5-3-2-4-6-17)21(29)13-14-30-19-10-8-18(26)9-11-19/h2-12H,13-15H2,1H3. The molecule has 0 bridgehead atoms. The van der Waals surface area contributed by atoms with Crippen molar-refractivity contribution in [3.8, 4) is 0 Å². The van der Waals surface area contributed by atoms with Crippen molar-refractivity contribution in [2.24, 2.45) is 0 Å². The van der Waals surface area contributed by atoms with Crippen molar-refractivity contribution >= 4 is 56.0 Å². The van der Waals surface area contributed by atoms with Crippen LogP contribution in [0.2, 0.25) is 5.02 Å². The van der Waals surface area contributed by atoms with Crippen molar-refractivity contribution in [2.45, 2.75) is 24.8 Å². The first kappa shape index (κ1) is 21.8. The van der Waals surface area contributed by atoms with Gasteiger partial charge in [0.15, 0.2) is 5.13 Å². The molecular formula is C24H20ClFN2OS2. The fourth-order valence-electron chi connectivity index (χ4n) is 3.16. The maximum Gasteiger partial charge on any atom is 0.229 e. The van der Waals surface area contributed by atoms with Crippen molar-refractivity contribution < 1.29 is 9.18 Å². The Bertz CT molecular complexity index is 1160. The van der Waals surface area contributed by atoms with E-state index in [1.807, 2.05) is 49.4 Å². The minimum absolute atomic E-state index is 0.00806. The molecule has 0 unspecified atom stereocenters. The summed E-state index contributed by atoms with van der Waals surface area (Å²) >= 11 is 9.36. The van der Waals surface area contributed by atoms with Crippen LogP contribution in [0.4, 0.5) is 9.52 Å². The summed E-state index contributed by atoms with van der Waals surface area (Å²) in [6.07, 6.45) is 0.345. The Balaban J connectivity index is 1.56. The van der Waals surface area contributed by atoms with Crippen LogP contribution in [0.15, 0.2) is 71.6 Å². The molecule has 0 atom stereocenters. The summed E-state index contributed by atoms with van der Waals surface area (Å²) in [5, 5.41) is 1.29. The van der Waals surface area contributed by atoms with Gasteiger partial charge in [0.2, 0.25) is 5.91 Å². The lowest BCUT2D eigenvalue weighted by atomic mass is 10.2. The molecule has 0 fully saturated rings. The molecule has 3 nitrogen and oxygen atoms in total. The zero-order valence-corrected chi connectivity index (χ0v) is 19.2. The number of amides is 1. The highest BCUT2D eigenvalue weighted by atomic mass is 35.5. The maximum absolute atomic E-state index is 13.2. The molecule has 7 heteroatoms. The number of anilines is 1. The normalized spacial score (nSPS) is 11.1. The molecular weight excluding hydrogens is 451 g/mol. The van der Waals surface area contributed by atoms with Crippen molar-refractivity contribution in [1.29, 1.82) is 0 Å². The highest BCUT2D eigenvalue weighted by Crippen LogP contribution is 2.36. The predicted molar refractivity (Wildman–Crippen MR) is 129 cm³/mol. The molecule has 0 aliphatic carbocycles. The molecule has 0 aliphatic heterocycles. The van der Waals surface area contributed by atoms with Gasteiger partial charge >= 0.3 is 0 Å². The van der Waals surface area contributed by atoms with Crippen LogP contribution in [0, 0.1) is 12.7 Å². The summed E-state index contributed by atoms with van der Waals surface area (Å²) in [6.45, 7) is 2.43. The van der Waals surface area contributed by atoms with Gasteiger partial charge in [-0.2, -0.15) is 0 Å². The number of thiazole rings is 1. The van der Waals surface area contributed by atoms with E-state index in [4.69, 9.17) is 16.6 Å². The van der Waals surface area contributed by atoms with Crippen LogP contribution in [-0.4, -0.2) is 16.6 Å². The second-order valence-corrected chi connectivity index (χ2v) is 9.61. The van der Waals surface area contributed by atoms with Gasteiger partial charge in [-0.1, -0.05) is 59.3 Å². The first-order valence-corrected chi connectivity index (χ1v) is 12.0. The highest BCUT2D eigenvalue weighted by Gasteiger charge is 2.21. The Morgan fingerprint density at radius 3 is 2.55 bits per heavy atom. The lowest BCUT2D eigenvalue weighted by molar-refractivity contribution is -0.118. The summed E-state index contributed by atoms with van der Waals surface area (Å²) < 4.78 is 14.0. The van der Waals surface area contributed by atoms with Crippen molar-refractivity contribution in [3.05, 3.63) is 88.7 Å². The summed E-state index contributed by atoms with van der Waals surface area (Å²) in [5.74, 6) is 0.325. The van der Waals surface area contributed by atoms with E-state index in [0.29, 0.717) is 28.9 Å². The first-order chi connectivity index (χ1) is 15.0. The molecule has 4 rings (SSSR count). The van der Waals surface area contributed by atoms with Gasteiger partial charge in [-0.3, -0.25) is 9.69 Å². The second kappa shape index (κ2) is 9.81. The van der Waals surface area contributed by atoms with E-state index in [9.17, 15) is 9.18 Å². The Morgan fingerprint density at radius 2 is 1.84 bits per heavy atom. The van der Waals surface area contributed by atoms with E-state index in [1.165, 1.54) is 35.2 Å². The lowest BCUT2D eigenvalue weighted by Gasteiger charge is -2.20. The third kappa shape index (κ3) is 5.26. The van der Waals surface area contributed by atoms with Crippen molar-refractivity contribution in [2.75, 3.05) is 10.7 Å². The number of hydrogen-bond acceptors (Lipinski definition) is 4. The van der Waals surface area contributed by atoms with Crippen LogP contribution >= 0.6 is 34.7 Å². The predicted octanol–water partition coefficient (Wildman–Crippen LogP) is 7.11. The number of carbonyl (C=O) groups is 1. The van der Waals surface area contributed by atoms with Crippen LogP contribution in [-0.2, 0) is 11.3 Å². The third-order valence-electron chi connectivity index (χ3n) is 4.80. The molecule has 158 valence electrons. The van der Waals surface area contributed by atoms with E-state index in [0.717, 1.165) is 26.2 Å². The molecule has 0 saturated heterocycles. The zero-order chi connectivity index (χ0) is 21.8. The van der Waals surface area contributed by atoms with Gasteiger partial charge in [-0.15, -0.1) is 11.8 Å². The lowest BCUT2D eigenvalue weighted by Crippen LogP contribution is -2.30. The van der Waals surface area contributed by atoms with Crippen LogP contribution in [0.25, 0.3) is 10.2 Å². The molecule has 0 aliphatic rings. The number of aromatic nitrogens is 1. The monoisotopic (exact) mass is 470 g/mol. The topological polar surface area (TPSA) is 33.2 Å². The Morgan fingerprint density at radius 1 is 1.10 bits per heavy atom. The number of thioether (sulfide) groups is 1. The average molecular weight is 471 g/mol. The number of halogens is 2. The number of carbonyl (C=O) groups excluding carboxylic acids is 1. The van der Waals surface area contributed by atoms with Gasteiger partial charge in [0.05, 0.1) is 21.8 Å². The molecule has 3 aromatic carbocycles. The zero-order valence-electron chi connectivity index (χ0n) is 16.8.